The highest BCUT2D eigenvalue weighted by Crippen LogP contribution is 2.28. The summed E-state index contributed by atoms with van der Waals surface area (Å²) in [5.41, 5.74) is 0.910. The molecule has 0 radical (unpaired) electrons. The monoisotopic (exact) mass is 316 g/mol. The number of Topliss-reactive ketones (excluding diaryl/α,β-unsaturated/α-hetero) is 1. The Kier molecular flexibility index (Phi) is 3.22. The van der Waals surface area contributed by atoms with Crippen molar-refractivity contribution in [1.82, 2.24) is 0 Å². The van der Waals surface area contributed by atoms with E-state index in [0.717, 1.165) is 4.31 Å². The minimum Gasteiger partial charge on any atom is -0.318 e. The molecule has 0 unspecified atom stereocenters. The van der Waals surface area contributed by atoms with Gasteiger partial charge in [0.1, 0.15) is 0 Å². The lowest BCUT2D eigenvalue weighted by Gasteiger charge is -2.19. The van der Waals surface area contributed by atoms with Crippen LogP contribution in [0.4, 0.5) is 11.4 Å². The fourth-order valence-corrected chi connectivity index (χ4v) is 3.44. The molecule has 0 spiro atoms. The molecule has 0 aromatic heterocycles. The average molecular weight is 316 g/mol. The number of rotatable bonds is 3. The highest BCUT2D eigenvalue weighted by atomic mass is 32.2. The lowest BCUT2D eigenvalue weighted by atomic mass is 10.1. The standard InChI is InChI=1S/C15H12N2O4S/c1-17(10-5-3-2-4-6-10)22(20,21)11-7-8-13-12(9-11)14(18)15(19)16-13/h2-9H,1H3,(H,16,18,19). The molecule has 112 valence electrons. The Morgan fingerprint density at radius 2 is 1.68 bits per heavy atom. The number of hydrogen-bond acceptors (Lipinski definition) is 4. The number of benzene rings is 2. The molecule has 22 heavy (non-hydrogen) atoms. The van der Waals surface area contributed by atoms with E-state index in [4.69, 9.17) is 0 Å². The van der Waals surface area contributed by atoms with Crippen LogP contribution in [0.25, 0.3) is 0 Å². The first-order valence-corrected chi connectivity index (χ1v) is 7.89. The van der Waals surface area contributed by atoms with Gasteiger partial charge in [-0.25, -0.2) is 8.42 Å². The van der Waals surface area contributed by atoms with Gasteiger partial charge in [0.15, 0.2) is 0 Å². The quantitative estimate of drug-likeness (QED) is 0.873. The zero-order valence-electron chi connectivity index (χ0n) is 11.6. The molecule has 0 aliphatic carbocycles. The van der Waals surface area contributed by atoms with Crippen molar-refractivity contribution in [3.63, 3.8) is 0 Å². The number of hydrogen-bond donors (Lipinski definition) is 1. The molecule has 1 aliphatic rings. The van der Waals surface area contributed by atoms with Crippen molar-refractivity contribution in [3.8, 4) is 0 Å². The van der Waals surface area contributed by atoms with Gasteiger partial charge >= 0.3 is 0 Å². The molecule has 1 amide bonds. The number of ketones is 1. The molecule has 1 N–H and O–H groups in total. The highest BCUT2D eigenvalue weighted by Gasteiger charge is 2.30. The number of fused-ring (bicyclic) bond motifs is 1. The van der Waals surface area contributed by atoms with Crippen molar-refractivity contribution in [2.24, 2.45) is 0 Å². The van der Waals surface area contributed by atoms with Gasteiger partial charge in [-0.1, -0.05) is 18.2 Å². The Bertz CT molecular complexity index is 876. The van der Waals surface area contributed by atoms with Crippen LogP contribution in [0.3, 0.4) is 0 Å². The van der Waals surface area contributed by atoms with Gasteiger partial charge in [0, 0.05) is 7.05 Å². The Hall–Kier alpha value is -2.67. The van der Waals surface area contributed by atoms with E-state index >= 15 is 0 Å². The largest absolute Gasteiger partial charge is 0.318 e. The van der Waals surface area contributed by atoms with E-state index in [0.29, 0.717) is 11.4 Å². The first-order valence-electron chi connectivity index (χ1n) is 6.45. The van der Waals surface area contributed by atoms with E-state index in [-0.39, 0.29) is 10.5 Å². The minimum atomic E-state index is -3.81. The molecule has 0 atom stereocenters. The zero-order chi connectivity index (χ0) is 15.9. The number of amides is 1. The predicted octanol–water partition coefficient (Wildman–Crippen LogP) is 1.65. The maximum atomic E-state index is 12.6. The maximum absolute atomic E-state index is 12.6. The summed E-state index contributed by atoms with van der Waals surface area (Å²) in [6, 6.07) is 12.6. The summed E-state index contributed by atoms with van der Waals surface area (Å²) in [7, 11) is -2.38. The van der Waals surface area contributed by atoms with E-state index in [2.05, 4.69) is 5.32 Å². The maximum Gasteiger partial charge on any atom is 0.296 e. The summed E-state index contributed by atoms with van der Waals surface area (Å²) in [5, 5.41) is 2.39. The second-order valence-electron chi connectivity index (χ2n) is 4.80. The third-order valence-electron chi connectivity index (χ3n) is 3.47. The molecule has 0 bridgehead atoms. The first-order chi connectivity index (χ1) is 10.4. The van der Waals surface area contributed by atoms with Crippen molar-refractivity contribution < 1.29 is 18.0 Å². The van der Waals surface area contributed by atoms with Crippen LogP contribution in [-0.4, -0.2) is 27.2 Å². The third-order valence-corrected chi connectivity index (χ3v) is 5.25. The number of carbonyl (C=O) groups is 2. The first kappa shape index (κ1) is 14.3. The van der Waals surface area contributed by atoms with Crippen LogP contribution in [0.15, 0.2) is 53.4 Å². The normalized spacial score (nSPS) is 13.7. The summed E-state index contributed by atoms with van der Waals surface area (Å²) in [5.74, 6) is -1.48. The lowest BCUT2D eigenvalue weighted by molar-refractivity contribution is -0.112. The van der Waals surface area contributed by atoms with Crippen LogP contribution in [-0.2, 0) is 14.8 Å². The van der Waals surface area contributed by atoms with Crippen LogP contribution in [0.1, 0.15) is 10.4 Å². The van der Waals surface area contributed by atoms with Gasteiger partial charge in [-0.2, -0.15) is 0 Å². The van der Waals surface area contributed by atoms with Gasteiger partial charge in [0.2, 0.25) is 0 Å². The average Bonchev–Trinajstić information content (AvgIpc) is 2.82. The lowest BCUT2D eigenvalue weighted by Crippen LogP contribution is -2.26. The smallest absolute Gasteiger partial charge is 0.296 e. The molecule has 7 heteroatoms. The molecule has 1 heterocycles. The summed E-state index contributed by atoms with van der Waals surface area (Å²) < 4.78 is 26.4. The third kappa shape index (κ3) is 2.15. The molecule has 0 saturated carbocycles. The highest BCUT2D eigenvalue weighted by molar-refractivity contribution is 7.92. The molecule has 1 aliphatic heterocycles. The molecular weight excluding hydrogens is 304 g/mol. The molecule has 6 nitrogen and oxygen atoms in total. The summed E-state index contributed by atoms with van der Waals surface area (Å²) in [6.45, 7) is 0. The van der Waals surface area contributed by atoms with Crippen LogP contribution in [0.2, 0.25) is 0 Å². The number of nitrogens with one attached hydrogen (secondary N) is 1. The van der Waals surface area contributed by atoms with E-state index < -0.39 is 21.7 Å². The Labute approximate surface area is 127 Å². The fraction of sp³-hybridized carbons (Fsp3) is 0.0667. The predicted molar refractivity (Wildman–Crippen MR) is 81.4 cm³/mol. The molecule has 2 aromatic rings. The Morgan fingerprint density at radius 1 is 1.00 bits per heavy atom. The van der Waals surface area contributed by atoms with Crippen molar-refractivity contribution >= 4 is 33.1 Å². The second kappa shape index (κ2) is 4.96. The van der Waals surface area contributed by atoms with Gasteiger partial charge in [-0.05, 0) is 30.3 Å². The molecule has 3 rings (SSSR count). The van der Waals surface area contributed by atoms with Crippen molar-refractivity contribution in [3.05, 3.63) is 54.1 Å². The van der Waals surface area contributed by atoms with Gasteiger partial charge in [-0.15, -0.1) is 0 Å². The zero-order valence-corrected chi connectivity index (χ0v) is 12.4. The van der Waals surface area contributed by atoms with Crippen molar-refractivity contribution in [2.45, 2.75) is 4.90 Å². The van der Waals surface area contributed by atoms with Gasteiger partial charge in [-0.3, -0.25) is 13.9 Å². The number of sulfonamides is 1. The van der Waals surface area contributed by atoms with Gasteiger partial charge < -0.3 is 5.32 Å². The summed E-state index contributed by atoms with van der Waals surface area (Å²) in [6.07, 6.45) is 0. The molecule has 2 aromatic carbocycles. The Balaban J connectivity index is 2.04. The van der Waals surface area contributed by atoms with Crippen LogP contribution >= 0.6 is 0 Å². The molecule has 0 saturated heterocycles. The summed E-state index contributed by atoms with van der Waals surface area (Å²) >= 11 is 0. The van der Waals surface area contributed by atoms with E-state index in [9.17, 15) is 18.0 Å². The minimum absolute atomic E-state index is 0.0394. The number of para-hydroxylation sites is 1. The number of carbonyl (C=O) groups excluding carboxylic acids is 2. The van der Waals surface area contributed by atoms with E-state index in [1.165, 1.54) is 25.2 Å². The fourth-order valence-electron chi connectivity index (χ4n) is 2.22. The van der Waals surface area contributed by atoms with Crippen molar-refractivity contribution in [2.75, 3.05) is 16.7 Å². The number of anilines is 2. The van der Waals surface area contributed by atoms with Crippen molar-refractivity contribution in [1.29, 1.82) is 0 Å². The van der Waals surface area contributed by atoms with Gasteiger partial charge in [0.25, 0.3) is 21.7 Å². The van der Waals surface area contributed by atoms with Crippen LogP contribution in [0.5, 0.6) is 0 Å². The van der Waals surface area contributed by atoms with E-state index in [1.54, 1.807) is 30.3 Å². The number of nitrogens with zero attached hydrogens (tertiary/aromatic N) is 1. The van der Waals surface area contributed by atoms with Gasteiger partial charge in [0.05, 0.1) is 21.8 Å². The SMILES string of the molecule is CN(c1ccccc1)S(=O)(=O)c1ccc2c(c1)C(=O)C(=O)N2. The molecule has 0 fully saturated rings. The Morgan fingerprint density at radius 3 is 2.36 bits per heavy atom. The van der Waals surface area contributed by atoms with Crippen LogP contribution < -0.4 is 9.62 Å². The topological polar surface area (TPSA) is 83.6 Å². The summed E-state index contributed by atoms with van der Waals surface area (Å²) in [4.78, 5) is 23.0. The van der Waals surface area contributed by atoms with Crippen LogP contribution in [0, 0.1) is 0 Å². The van der Waals surface area contributed by atoms with E-state index in [1.807, 2.05) is 0 Å². The second-order valence-corrected chi connectivity index (χ2v) is 6.77. The molecular formula is C15H12N2O4S.